The van der Waals surface area contributed by atoms with Crippen LogP contribution in [-0.2, 0) is 7.05 Å². The van der Waals surface area contributed by atoms with Crippen LogP contribution in [0.25, 0.3) is 10.6 Å². The molecular weight excluding hydrogens is 647 g/mol. The quantitative estimate of drug-likeness (QED) is 0.0923. The second kappa shape index (κ2) is 18.1. The van der Waals surface area contributed by atoms with Gasteiger partial charge in [0.25, 0.3) is 12.4 Å². The summed E-state index contributed by atoms with van der Waals surface area (Å²) in [6, 6.07) is 16.0. The summed E-state index contributed by atoms with van der Waals surface area (Å²) in [4.78, 5) is 26.5. The molecule has 49 heavy (non-hydrogen) atoms. The molecule has 1 fully saturated rings. The lowest BCUT2D eigenvalue weighted by molar-refractivity contribution is -0.403. The number of nitrogens with zero attached hydrogens (tertiary/aromatic N) is 7. The maximum atomic E-state index is 11.2. The van der Waals surface area contributed by atoms with Crippen molar-refractivity contribution >= 4 is 28.4 Å². The third kappa shape index (κ3) is 11.7. The lowest BCUT2D eigenvalue weighted by Crippen LogP contribution is -2.39. The molecule has 4 rings (SSSR count). The Morgan fingerprint density at radius 2 is 1.33 bits per heavy atom. The zero-order valence-corrected chi connectivity index (χ0v) is 29.7. The van der Waals surface area contributed by atoms with Crippen molar-refractivity contribution in [2.45, 2.75) is 38.1 Å². The van der Waals surface area contributed by atoms with Gasteiger partial charge in [0.05, 0.1) is 9.85 Å². The van der Waals surface area contributed by atoms with Crippen LogP contribution in [0, 0.1) is 20.2 Å². The Kier molecular flexibility index (Phi) is 13.7. The molecular formula is C33H48N11O4S+. The molecule has 1 aliphatic carbocycles. The van der Waals surface area contributed by atoms with Gasteiger partial charge < -0.3 is 31.1 Å². The first-order valence-corrected chi connectivity index (χ1v) is 17.2. The fourth-order valence-electron chi connectivity index (χ4n) is 5.49. The molecule has 0 saturated heterocycles. The van der Waals surface area contributed by atoms with E-state index < -0.39 is 9.85 Å². The topological polar surface area (TPSA) is 162 Å². The normalized spacial score (nSPS) is 14.9. The van der Waals surface area contributed by atoms with Gasteiger partial charge in [-0.2, -0.15) is 0 Å². The summed E-state index contributed by atoms with van der Waals surface area (Å²) >= 11 is 1.61. The number of nitro groups is 2. The lowest BCUT2D eigenvalue weighted by atomic mass is 9.95. The highest BCUT2D eigenvalue weighted by molar-refractivity contribution is 7.12. The molecule has 1 aliphatic rings. The first-order valence-electron chi connectivity index (χ1n) is 16.4. The third-order valence-corrected chi connectivity index (χ3v) is 9.06. The minimum atomic E-state index is -0.478. The number of benzene rings is 2. The standard InChI is InChI=1S/C33H48N11O4S/c1-39(2)21-19-34-30(23-42(45)46)36-26-13-11-25(12-14-26)32-38-41(5)33(49-32)44(28-9-7-6-8-10-28)29-17-15-27(16-18-29)37-31(24-43(47)48)35-20-22-40(3)4/h11-18,23-24,28,34-37H,6-10,19-22H2,1-5H3/q+1. The summed E-state index contributed by atoms with van der Waals surface area (Å²) in [5.41, 5.74) is 3.42. The van der Waals surface area contributed by atoms with E-state index in [-0.39, 0.29) is 0 Å². The maximum Gasteiger partial charge on any atom is 0.363 e. The number of hydrogen-bond acceptors (Lipinski definition) is 12. The van der Waals surface area contributed by atoms with Gasteiger partial charge in [0.15, 0.2) is 16.6 Å². The molecule has 16 heteroatoms. The number of aromatic nitrogens is 2. The molecule has 0 radical (unpaired) electrons. The van der Waals surface area contributed by atoms with Crippen LogP contribution in [0.5, 0.6) is 0 Å². The number of nitrogens with one attached hydrogen (secondary N) is 4. The van der Waals surface area contributed by atoms with Gasteiger partial charge in [-0.25, -0.2) is 4.58 Å². The Bertz CT molecular complexity index is 1670. The molecule has 0 bridgehead atoms. The second-order valence-corrected chi connectivity index (χ2v) is 13.4. The van der Waals surface area contributed by atoms with Gasteiger partial charge in [-0.05, 0) is 114 Å². The van der Waals surface area contributed by atoms with Crippen LogP contribution in [0.3, 0.4) is 0 Å². The zero-order valence-electron chi connectivity index (χ0n) is 28.9. The molecule has 1 aromatic heterocycles. The van der Waals surface area contributed by atoms with E-state index in [1.807, 2.05) is 98.3 Å². The molecule has 0 amide bonds. The average molecular weight is 695 g/mol. The highest BCUT2D eigenvalue weighted by atomic mass is 32.1. The fraction of sp³-hybridized carbons (Fsp3) is 0.455. The van der Waals surface area contributed by atoms with Gasteiger partial charge in [-0.15, -0.1) is 4.68 Å². The van der Waals surface area contributed by atoms with E-state index in [1.54, 1.807) is 11.3 Å². The largest absolute Gasteiger partial charge is 0.365 e. The fourth-order valence-corrected chi connectivity index (χ4v) is 6.60. The summed E-state index contributed by atoms with van der Waals surface area (Å²) in [6.07, 6.45) is 7.58. The Hall–Kier alpha value is -4.80. The van der Waals surface area contributed by atoms with Crippen LogP contribution >= 0.6 is 11.3 Å². The van der Waals surface area contributed by atoms with E-state index >= 15 is 0 Å². The van der Waals surface area contributed by atoms with Crippen LogP contribution in [-0.4, -0.2) is 89.8 Å². The molecule has 3 aromatic rings. The average Bonchev–Trinajstić information content (AvgIpc) is 3.42. The summed E-state index contributed by atoms with van der Waals surface area (Å²) in [6.45, 7) is 2.58. The monoisotopic (exact) mass is 694 g/mol. The van der Waals surface area contributed by atoms with E-state index in [2.05, 4.69) is 25.8 Å². The molecule has 0 spiro atoms. The van der Waals surface area contributed by atoms with E-state index in [0.717, 1.165) is 83.6 Å². The van der Waals surface area contributed by atoms with Gasteiger partial charge in [-0.1, -0.05) is 11.5 Å². The molecule has 1 saturated carbocycles. The van der Waals surface area contributed by atoms with E-state index in [4.69, 9.17) is 5.10 Å². The number of anilines is 2. The predicted octanol–water partition coefficient (Wildman–Crippen LogP) is 3.86. The molecule has 2 aromatic carbocycles. The minimum absolute atomic E-state index is 0.308. The van der Waals surface area contributed by atoms with Gasteiger partial charge in [0.2, 0.25) is 0 Å². The van der Waals surface area contributed by atoms with Crippen LogP contribution in [0.15, 0.2) is 72.6 Å². The molecule has 0 unspecified atom stereocenters. The van der Waals surface area contributed by atoms with E-state index in [9.17, 15) is 20.2 Å². The van der Waals surface area contributed by atoms with Crippen LogP contribution in [0.2, 0.25) is 0 Å². The SMILES string of the molecule is CN(C)CCNC(=C[N+](=O)[O-])Nc1ccc(-c2nn(C)c(=[N+](c3ccc(NC(=C[N+](=O)[O-])NCCN(C)C)cc3)C3CCCCC3)s2)cc1. The molecule has 1 heterocycles. The van der Waals surface area contributed by atoms with Crippen molar-refractivity contribution in [2.75, 3.05) is 65.0 Å². The molecule has 0 aliphatic heterocycles. The molecule has 4 N–H and O–H groups in total. The first-order chi connectivity index (χ1) is 23.5. The van der Waals surface area contributed by atoms with Crippen molar-refractivity contribution in [3.8, 4) is 10.6 Å². The highest BCUT2D eigenvalue weighted by Crippen LogP contribution is 2.27. The van der Waals surface area contributed by atoms with Gasteiger partial charge in [0.1, 0.15) is 18.8 Å². The minimum Gasteiger partial charge on any atom is -0.365 e. The summed E-state index contributed by atoms with van der Waals surface area (Å²) in [5.74, 6) is 0.645. The highest BCUT2D eigenvalue weighted by Gasteiger charge is 2.26. The van der Waals surface area contributed by atoms with Gasteiger partial charge in [0, 0.05) is 43.1 Å². The van der Waals surface area contributed by atoms with Crippen molar-refractivity contribution in [3.63, 3.8) is 0 Å². The molecule has 0 atom stereocenters. The summed E-state index contributed by atoms with van der Waals surface area (Å²) in [7, 11) is 9.75. The zero-order chi connectivity index (χ0) is 35.3. The number of hydrogen-bond donors (Lipinski definition) is 4. The molecule has 264 valence electrons. The van der Waals surface area contributed by atoms with E-state index in [1.165, 1.54) is 6.42 Å². The Morgan fingerprint density at radius 3 is 1.80 bits per heavy atom. The van der Waals surface area contributed by atoms with Crippen molar-refractivity contribution in [1.29, 1.82) is 0 Å². The van der Waals surface area contributed by atoms with Gasteiger partial charge in [-0.3, -0.25) is 20.2 Å². The maximum absolute atomic E-state index is 11.2. The number of aryl methyl sites for hydroxylation is 1. The smallest absolute Gasteiger partial charge is 0.363 e. The Labute approximate surface area is 290 Å². The van der Waals surface area contributed by atoms with E-state index in [0.29, 0.717) is 30.8 Å². The van der Waals surface area contributed by atoms with Crippen molar-refractivity contribution in [1.82, 2.24) is 34.8 Å². The van der Waals surface area contributed by atoms with Crippen molar-refractivity contribution in [3.05, 3.63) is 97.6 Å². The lowest BCUT2D eigenvalue weighted by Gasteiger charge is -2.22. The first kappa shape index (κ1) is 37.0. The number of likely N-dealkylation sites (N-methyl/N-ethyl adjacent to an activating group) is 2. The number of rotatable bonds is 17. The van der Waals surface area contributed by atoms with Crippen molar-refractivity contribution < 1.29 is 9.85 Å². The predicted molar refractivity (Wildman–Crippen MR) is 195 cm³/mol. The summed E-state index contributed by atoms with van der Waals surface area (Å²) in [5, 5.41) is 40.6. The van der Waals surface area contributed by atoms with Gasteiger partial charge >= 0.3 is 4.80 Å². The summed E-state index contributed by atoms with van der Waals surface area (Å²) < 4.78 is 4.29. The third-order valence-electron chi connectivity index (χ3n) is 7.90. The molecule has 15 nitrogen and oxygen atoms in total. The van der Waals surface area contributed by atoms with Crippen LogP contribution in [0.4, 0.5) is 17.1 Å². The Morgan fingerprint density at radius 1 is 0.837 bits per heavy atom. The van der Waals surface area contributed by atoms with Crippen molar-refractivity contribution in [2.24, 2.45) is 7.05 Å². The second-order valence-electron chi connectivity index (χ2n) is 12.5. The van der Waals surface area contributed by atoms with Crippen LogP contribution < -0.4 is 30.6 Å². The van der Waals surface area contributed by atoms with Crippen LogP contribution in [0.1, 0.15) is 32.1 Å². The Balaban J connectivity index is 1.60.